The van der Waals surface area contributed by atoms with Crippen LogP contribution in [0.15, 0.2) is 36.5 Å². The van der Waals surface area contributed by atoms with E-state index in [1.54, 1.807) is 6.20 Å². The maximum absolute atomic E-state index is 6.03. The highest BCUT2D eigenvalue weighted by Gasteiger charge is 2.08. The zero-order valence-corrected chi connectivity index (χ0v) is 11.2. The Kier molecular flexibility index (Phi) is 4.23. The zero-order valence-electron chi connectivity index (χ0n) is 11.2. The minimum absolute atomic E-state index is 0.511. The van der Waals surface area contributed by atoms with Crippen LogP contribution in [0.4, 0.5) is 5.69 Å². The van der Waals surface area contributed by atoms with E-state index in [9.17, 15) is 0 Å². The van der Waals surface area contributed by atoms with Gasteiger partial charge in [0.15, 0.2) is 5.75 Å². The summed E-state index contributed by atoms with van der Waals surface area (Å²) in [6.45, 7) is 4.62. The minimum Gasteiger partial charge on any atom is -0.491 e. The summed E-state index contributed by atoms with van der Waals surface area (Å²) >= 11 is 0. The fraction of sp³-hybridized carbons (Fsp3) is 0.267. The van der Waals surface area contributed by atoms with Crippen molar-refractivity contribution in [1.82, 2.24) is 4.98 Å². The Bertz CT molecular complexity index is 538. The van der Waals surface area contributed by atoms with E-state index in [1.165, 1.54) is 0 Å². The average Bonchev–Trinajstić information content (AvgIpc) is 2.42. The third-order valence-corrected chi connectivity index (χ3v) is 2.60. The highest BCUT2D eigenvalue weighted by Crippen LogP contribution is 2.34. The maximum atomic E-state index is 6.03. The van der Waals surface area contributed by atoms with E-state index in [0.717, 1.165) is 12.1 Å². The molecule has 2 aromatic rings. The molecule has 1 aromatic heterocycles. The molecule has 0 saturated heterocycles. The number of aryl methyl sites for hydroxylation is 1. The van der Waals surface area contributed by atoms with E-state index in [-0.39, 0.29) is 0 Å². The predicted octanol–water partition coefficient (Wildman–Crippen LogP) is 3.55. The number of hydrogen-bond acceptors (Lipinski definition) is 4. The molecule has 100 valence electrons. The third kappa shape index (κ3) is 3.37. The molecule has 0 aliphatic heterocycles. The first-order chi connectivity index (χ1) is 9.20. The number of aromatic nitrogens is 1. The van der Waals surface area contributed by atoms with Gasteiger partial charge in [0.2, 0.25) is 0 Å². The highest BCUT2D eigenvalue weighted by atomic mass is 16.5. The molecule has 0 bridgehead atoms. The van der Waals surface area contributed by atoms with Crippen molar-refractivity contribution in [1.29, 1.82) is 0 Å². The molecule has 4 heteroatoms. The van der Waals surface area contributed by atoms with E-state index in [0.29, 0.717) is 29.5 Å². The van der Waals surface area contributed by atoms with Crippen molar-refractivity contribution < 1.29 is 9.47 Å². The van der Waals surface area contributed by atoms with Crippen molar-refractivity contribution in [3.05, 3.63) is 42.2 Å². The van der Waals surface area contributed by atoms with Crippen LogP contribution >= 0.6 is 0 Å². The number of hydrogen-bond donors (Lipinski definition) is 1. The monoisotopic (exact) mass is 258 g/mol. The van der Waals surface area contributed by atoms with E-state index in [4.69, 9.17) is 15.2 Å². The number of nitrogens with zero attached hydrogens (tertiary/aromatic N) is 1. The number of rotatable bonds is 5. The van der Waals surface area contributed by atoms with Gasteiger partial charge in [0.05, 0.1) is 12.8 Å². The SMILES string of the molecule is CCCOc1cccc(Oc2ccc(C)nc2)c1N. The minimum atomic E-state index is 0.511. The second-order valence-corrected chi connectivity index (χ2v) is 4.25. The molecule has 0 unspecified atom stereocenters. The number of nitrogen functional groups attached to an aromatic ring is 1. The number of benzene rings is 1. The smallest absolute Gasteiger partial charge is 0.154 e. The fourth-order valence-electron chi connectivity index (χ4n) is 1.59. The van der Waals surface area contributed by atoms with Crippen LogP contribution < -0.4 is 15.2 Å². The topological polar surface area (TPSA) is 57.4 Å². The van der Waals surface area contributed by atoms with Gasteiger partial charge in [0.25, 0.3) is 0 Å². The van der Waals surface area contributed by atoms with Gasteiger partial charge in [-0.3, -0.25) is 4.98 Å². The molecule has 1 heterocycles. The van der Waals surface area contributed by atoms with Gasteiger partial charge in [0, 0.05) is 5.69 Å². The Morgan fingerprint density at radius 1 is 1.16 bits per heavy atom. The summed E-state index contributed by atoms with van der Waals surface area (Å²) in [4.78, 5) is 4.18. The maximum Gasteiger partial charge on any atom is 0.154 e. The lowest BCUT2D eigenvalue weighted by Crippen LogP contribution is -2.00. The van der Waals surface area contributed by atoms with Crippen LogP contribution in [-0.2, 0) is 0 Å². The lowest BCUT2D eigenvalue weighted by atomic mass is 10.2. The molecule has 2 N–H and O–H groups in total. The first kappa shape index (κ1) is 13.2. The molecular formula is C15H18N2O2. The second-order valence-electron chi connectivity index (χ2n) is 4.25. The first-order valence-electron chi connectivity index (χ1n) is 6.32. The number of anilines is 1. The Morgan fingerprint density at radius 3 is 2.63 bits per heavy atom. The van der Waals surface area contributed by atoms with Crippen LogP contribution in [0.25, 0.3) is 0 Å². The van der Waals surface area contributed by atoms with Gasteiger partial charge < -0.3 is 15.2 Å². The molecule has 0 spiro atoms. The molecule has 2 rings (SSSR count). The molecule has 0 amide bonds. The first-order valence-corrected chi connectivity index (χ1v) is 6.32. The van der Waals surface area contributed by atoms with Gasteiger partial charge in [-0.2, -0.15) is 0 Å². The Hall–Kier alpha value is -2.23. The van der Waals surface area contributed by atoms with Crippen molar-refractivity contribution in [2.24, 2.45) is 0 Å². The van der Waals surface area contributed by atoms with E-state index in [1.807, 2.05) is 37.3 Å². The van der Waals surface area contributed by atoms with Crippen LogP contribution in [0.2, 0.25) is 0 Å². The van der Waals surface area contributed by atoms with E-state index in [2.05, 4.69) is 11.9 Å². The Labute approximate surface area is 113 Å². The average molecular weight is 258 g/mol. The van der Waals surface area contributed by atoms with Crippen LogP contribution in [0, 0.1) is 6.92 Å². The predicted molar refractivity (Wildman–Crippen MR) is 75.7 cm³/mol. The third-order valence-electron chi connectivity index (χ3n) is 2.60. The molecule has 0 radical (unpaired) electrons. The quantitative estimate of drug-likeness (QED) is 0.833. The number of ether oxygens (including phenoxy) is 2. The summed E-state index contributed by atoms with van der Waals surface area (Å²) in [5, 5.41) is 0. The summed E-state index contributed by atoms with van der Waals surface area (Å²) in [5.74, 6) is 1.89. The van der Waals surface area contributed by atoms with Crippen molar-refractivity contribution >= 4 is 5.69 Å². The number of pyridine rings is 1. The summed E-state index contributed by atoms with van der Waals surface area (Å²) in [6.07, 6.45) is 2.61. The molecule has 0 fully saturated rings. The molecule has 4 nitrogen and oxygen atoms in total. The van der Waals surface area contributed by atoms with E-state index >= 15 is 0 Å². The van der Waals surface area contributed by atoms with Gasteiger partial charge in [-0.1, -0.05) is 13.0 Å². The summed E-state index contributed by atoms with van der Waals surface area (Å²) in [7, 11) is 0. The van der Waals surface area contributed by atoms with Crippen molar-refractivity contribution in [3.8, 4) is 17.2 Å². The second kappa shape index (κ2) is 6.09. The van der Waals surface area contributed by atoms with Crippen molar-refractivity contribution in [3.63, 3.8) is 0 Å². The molecule has 0 saturated carbocycles. The van der Waals surface area contributed by atoms with Crippen LogP contribution in [0.3, 0.4) is 0 Å². The molecule has 19 heavy (non-hydrogen) atoms. The highest BCUT2D eigenvalue weighted by molar-refractivity contribution is 5.63. The van der Waals surface area contributed by atoms with Crippen molar-refractivity contribution in [2.45, 2.75) is 20.3 Å². The number of nitrogens with two attached hydrogens (primary N) is 1. The van der Waals surface area contributed by atoms with Gasteiger partial charge in [0.1, 0.15) is 17.2 Å². The van der Waals surface area contributed by atoms with Crippen LogP contribution in [0.1, 0.15) is 19.0 Å². The lowest BCUT2D eigenvalue weighted by molar-refractivity contribution is 0.318. The van der Waals surface area contributed by atoms with Gasteiger partial charge in [-0.15, -0.1) is 0 Å². The fourth-order valence-corrected chi connectivity index (χ4v) is 1.59. The molecule has 0 aliphatic carbocycles. The largest absolute Gasteiger partial charge is 0.491 e. The zero-order chi connectivity index (χ0) is 13.7. The molecule has 0 atom stereocenters. The Balaban J connectivity index is 2.18. The number of para-hydroxylation sites is 1. The van der Waals surface area contributed by atoms with Crippen LogP contribution in [-0.4, -0.2) is 11.6 Å². The molecule has 0 aliphatic rings. The van der Waals surface area contributed by atoms with Gasteiger partial charge >= 0.3 is 0 Å². The summed E-state index contributed by atoms with van der Waals surface area (Å²) in [6, 6.07) is 9.27. The summed E-state index contributed by atoms with van der Waals surface area (Å²) < 4.78 is 11.3. The summed E-state index contributed by atoms with van der Waals surface area (Å²) in [5.41, 5.74) is 7.49. The van der Waals surface area contributed by atoms with Crippen molar-refractivity contribution in [2.75, 3.05) is 12.3 Å². The normalized spacial score (nSPS) is 10.2. The van der Waals surface area contributed by atoms with Gasteiger partial charge in [-0.05, 0) is 37.6 Å². The Morgan fingerprint density at radius 2 is 1.95 bits per heavy atom. The molecular weight excluding hydrogens is 240 g/mol. The van der Waals surface area contributed by atoms with Gasteiger partial charge in [-0.25, -0.2) is 0 Å². The van der Waals surface area contributed by atoms with Crippen LogP contribution in [0.5, 0.6) is 17.2 Å². The van der Waals surface area contributed by atoms with E-state index < -0.39 is 0 Å². The lowest BCUT2D eigenvalue weighted by Gasteiger charge is -2.12. The molecule has 1 aromatic carbocycles. The standard InChI is InChI=1S/C15H18N2O2/c1-3-9-18-13-5-4-6-14(15(13)16)19-12-8-7-11(2)17-10-12/h4-8,10H,3,9,16H2,1-2H3.